The topological polar surface area (TPSA) is 81.5 Å². The molecular formula is C16H14F4N2O4. The minimum Gasteiger partial charge on any atom is -0.478 e. The van der Waals surface area contributed by atoms with E-state index in [-0.39, 0.29) is 24.0 Å². The van der Waals surface area contributed by atoms with E-state index in [0.717, 1.165) is 6.20 Å². The first-order valence-electron chi connectivity index (χ1n) is 7.25. The molecule has 0 aliphatic rings. The molecule has 0 amide bonds. The number of benzene rings is 1. The standard InChI is InChI=1S/C16H14F4N2O4/c1-15(17,18)26-16(19,20)9-25-8-12-11(14(23)24)7-21-13(22-12)10-5-3-2-4-6-10/h2-7H,8-9H2,1H3,(H,23,24). The molecule has 1 aromatic carbocycles. The van der Waals surface area contributed by atoms with Crippen molar-refractivity contribution >= 4 is 5.97 Å². The van der Waals surface area contributed by atoms with Crippen LogP contribution < -0.4 is 0 Å². The molecule has 0 fully saturated rings. The average molecular weight is 374 g/mol. The normalized spacial score (nSPS) is 12.2. The molecule has 1 heterocycles. The number of nitrogens with zero attached hydrogens (tertiary/aromatic N) is 2. The van der Waals surface area contributed by atoms with Crippen LogP contribution in [0, 0.1) is 0 Å². The van der Waals surface area contributed by atoms with Gasteiger partial charge in [0.1, 0.15) is 12.2 Å². The van der Waals surface area contributed by atoms with E-state index in [1.54, 1.807) is 30.3 Å². The average Bonchev–Trinajstić information content (AvgIpc) is 2.53. The third-order valence-electron chi connectivity index (χ3n) is 2.97. The minimum absolute atomic E-state index is 0.164. The van der Waals surface area contributed by atoms with Gasteiger partial charge in [-0.1, -0.05) is 30.3 Å². The zero-order valence-electron chi connectivity index (χ0n) is 13.5. The highest BCUT2D eigenvalue weighted by molar-refractivity contribution is 5.88. The Morgan fingerprint density at radius 3 is 2.42 bits per heavy atom. The Hall–Kier alpha value is -2.59. The molecule has 1 aromatic heterocycles. The molecule has 0 saturated heterocycles. The fraction of sp³-hybridized carbons (Fsp3) is 0.312. The highest BCUT2D eigenvalue weighted by Crippen LogP contribution is 2.27. The van der Waals surface area contributed by atoms with Gasteiger partial charge in [-0.05, 0) is 0 Å². The number of ether oxygens (including phenoxy) is 2. The van der Waals surface area contributed by atoms with Crippen LogP contribution in [0.3, 0.4) is 0 Å². The fourth-order valence-corrected chi connectivity index (χ4v) is 1.99. The van der Waals surface area contributed by atoms with E-state index in [0.29, 0.717) is 5.56 Å². The Morgan fingerprint density at radius 1 is 1.19 bits per heavy atom. The number of hydrogen-bond acceptors (Lipinski definition) is 5. The summed E-state index contributed by atoms with van der Waals surface area (Å²) in [6, 6.07) is 8.52. The van der Waals surface area contributed by atoms with Gasteiger partial charge >= 0.3 is 18.2 Å². The van der Waals surface area contributed by atoms with Crippen molar-refractivity contribution in [3.63, 3.8) is 0 Å². The first-order valence-corrected chi connectivity index (χ1v) is 7.25. The monoisotopic (exact) mass is 374 g/mol. The molecule has 2 aromatic rings. The first kappa shape index (κ1) is 19.7. The molecule has 0 atom stereocenters. The number of halogens is 4. The smallest absolute Gasteiger partial charge is 0.383 e. The predicted octanol–water partition coefficient (Wildman–Crippen LogP) is 3.58. The van der Waals surface area contributed by atoms with Gasteiger partial charge in [0.15, 0.2) is 5.82 Å². The molecule has 0 unspecified atom stereocenters. The number of aromatic nitrogens is 2. The quantitative estimate of drug-likeness (QED) is 0.712. The first-order chi connectivity index (χ1) is 12.1. The summed E-state index contributed by atoms with van der Waals surface area (Å²) in [5, 5.41) is 9.13. The van der Waals surface area contributed by atoms with Crippen molar-refractivity contribution in [3.8, 4) is 11.4 Å². The second kappa shape index (κ2) is 7.75. The van der Waals surface area contributed by atoms with Crippen molar-refractivity contribution in [2.24, 2.45) is 0 Å². The number of hydrogen-bond donors (Lipinski definition) is 1. The van der Waals surface area contributed by atoms with Gasteiger partial charge < -0.3 is 9.84 Å². The second-order valence-electron chi connectivity index (χ2n) is 5.27. The summed E-state index contributed by atoms with van der Waals surface area (Å²) in [7, 11) is 0. The summed E-state index contributed by atoms with van der Waals surface area (Å²) in [6.45, 7) is -1.99. The van der Waals surface area contributed by atoms with Crippen molar-refractivity contribution in [2.45, 2.75) is 25.7 Å². The Balaban J connectivity index is 2.15. The van der Waals surface area contributed by atoms with Crippen molar-refractivity contribution in [3.05, 3.63) is 47.8 Å². The molecule has 0 saturated carbocycles. The third-order valence-corrected chi connectivity index (χ3v) is 2.97. The Bertz CT molecular complexity index is 767. The van der Waals surface area contributed by atoms with E-state index in [2.05, 4.69) is 19.4 Å². The molecule has 0 bridgehead atoms. The zero-order valence-corrected chi connectivity index (χ0v) is 13.5. The highest BCUT2D eigenvalue weighted by Gasteiger charge is 2.41. The molecule has 0 aliphatic carbocycles. The van der Waals surface area contributed by atoms with E-state index in [9.17, 15) is 22.4 Å². The molecule has 0 aliphatic heterocycles. The lowest BCUT2D eigenvalue weighted by Crippen LogP contribution is -2.35. The molecule has 6 nitrogen and oxygen atoms in total. The van der Waals surface area contributed by atoms with Crippen LogP contribution in [0.2, 0.25) is 0 Å². The molecule has 1 N–H and O–H groups in total. The number of carbonyl (C=O) groups is 1. The maximum absolute atomic E-state index is 13.2. The molecule has 140 valence electrons. The summed E-state index contributed by atoms with van der Waals surface area (Å²) in [5.74, 6) is -1.22. The minimum atomic E-state index is -4.25. The van der Waals surface area contributed by atoms with Gasteiger partial charge in [-0.15, -0.1) is 0 Å². The maximum Gasteiger partial charge on any atom is 0.383 e. The Labute approximate surface area is 145 Å². The van der Waals surface area contributed by atoms with Crippen LogP contribution in [0.25, 0.3) is 11.4 Å². The predicted molar refractivity (Wildman–Crippen MR) is 80.7 cm³/mol. The highest BCUT2D eigenvalue weighted by atomic mass is 19.3. The Kier molecular flexibility index (Phi) is 5.88. The van der Waals surface area contributed by atoms with Crippen LogP contribution in [0.5, 0.6) is 0 Å². The van der Waals surface area contributed by atoms with Crippen LogP contribution in [-0.4, -0.2) is 39.9 Å². The lowest BCUT2D eigenvalue weighted by atomic mass is 10.2. The third kappa shape index (κ3) is 5.74. The fourth-order valence-electron chi connectivity index (χ4n) is 1.99. The van der Waals surface area contributed by atoms with Gasteiger partial charge in [0.2, 0.25) is 0 Å². The van der Waals surface area contributed by atoms with Crippen molar-refractivity contribution in [2.75, 3.05) is 6.61 Å². The zero-order chi connectivity index (χ0) is 19.4. The van der Waals surface area contributed by atoms with Crippen LogP contribution in [0.15, 0.2) is 36.5 Å². The van der Waals surface area contributed by atoms with Crippen LogP contribution in [0.1, 0.15) is 23.0 Å². The van der Waals surface area contributed by atoms with Gasteiger partial charge in [0.05, 0.1) is 12.3 Å². The van der Waals surface area contributed by atoms with Crippen molar-refractivity contribution in [1.82, 2.24) is 9.97 Å². The molecule has 10 heteroatoms. The van der Waals surface area contributed by atoms with E-state index < -0.39 is 31.4 Å². The molecule has 0 spiro atoms. The summed E-state index contributed by atoms with van der Waals surface area (Å²) >= 11 is 0. The van der Waals surface area contributed by atoms with Crippen LogP contribution >= 0.6 is 0 Å². The summed E-state index contributed by atoms with van der Waals surface area (Å²) in [6.07, 6.45) is -7.28. The van der Waals surface area contributed by atoms with Gasteiger partial charge in [0, 0.05) is 18.7 Å². The Morgan fingerprint density at radius 2 is 1.85 bits per heavy atom. The van der Waals surface area contributed by atoms with E-state index in [4.69, 9.17) is 5.11 Å². The molecule has 2 rings (SSSR count). The SMILES string of the molecule is CC(F)(F)OC(F)(F)COCc1nc(-c2ccccc2)ncc1C(=O)O. The number of carboxylic acids is 1. The molecule has 26 heavy (non-hydrogen) atoms. The number of rotatable bonds is 8. The summed E-state index contributed by atoms with van der Waals surface area (Å²) < 4.78 is 59.5. The van der Waals surface area contributed by atoms with Crippen LogP contribution in [0.4, 0.5) is 17.6 Å². The number of carboxylic acid groups (broad SMARTS) is 1. The number of aromatic carboxylic acids is 1. The van der Waals surface area contributed by atoms with Gasteiger partial charge in [0.25, 0.3) is 0 Å². The summed E-state index contributed by atoms with van der Waals surface area (Å²) in [4.78, 5) is 19.1. The maximum atomic E-state index is 13.2. The summed E-state index contributed by atoms with van der Waals surface area (Å²) in [5.41, 5.74) is 0.0464. The number of alkyl halides is 4. The van der Waals surface area contributed by atoms with Crippen molar-refractivity contribution in [1.29, 1.82) is 0 Å². The van der Waals surface area contributed by atoms with Crippen molar-refractivity contribution < 1.29 is 36.9 Å². The largest absolute Gasteiger partial charge is 0.478 e. The molecular weight excluding hydrogens is 360 g/mol. The van der Waals surface area contributed by atoms with Crippen LogP contribution in [-0.2, 0) is 16.1 Å². The van der Waals surface area contributed by atoms with Gasteiger partial charge in [-0.3, -0.25) is 4.74 Å². The van der Waals surface area contributed by atoms with E-state index in [1.807, 2.05) is 0 Å². The van der Waals surface area contributed by atoms with E-state index >= 15 is 0 Å². The second-order valence-corrected chi connectivity index (χ2v) is 5.27. The van der Waals surface area contributed by atoms with Gasteiger partial charge in [-0.2, -0.15) is 17.6 Å². The lowest BCUT2D eigenvalue weighted by molar-refractivity contribution is -0.378. The molecule has 0 radical (unpaired) electrons. The van der Waals surface area contributed by atoms with Gasteiger partial charge in [-0.25, -0.2) is 14.8 Å². The van der Waals surface area contributed by atoms with E-state index in [1.165, 1.54) is 0 Å². The lowest BCUT2D eigenvalue weighted by Gasteiger charge is -2.20.